The van der Waals surface area contributed by atoms with Crippen molar-refractivity contribution in [1.82, 2.24) is 29.7 Å². The van der Waals surface area contributed by atoms with Crippen molar-refractivity contribution in [1.29, 1.82) is 0 Å². The van der Waals surface area contributed by atoms with Gasteiger partial charge in [-0.05, 0) is 100 Å². The van der Waals surface area contributed by atoms with E-state index in [0.717, 1.165) is 86.7 Å². The summed E-state index contributed by atoms with van der Waals surface area (Å²) < 4.78 is 6.15. The number of nitrogens with zero attached hydrogens (tertiary/aromatic N) is 4. The average molecular weight is 1070 g/mol. The summed E-state index contributed by atoms with van der Waals surface area (Å²) in [5, 5.41) is 6.59. The van der Waals surface area contributed by atoms with Gasteiger partial charge in [-0.15, -0.1) is 67.9 Å². The van der Waals surface area contributed by atoms with Crippen LogP contribution in [0.1, 0.15) is 58.0 Å². The van der Waals surface area contributed by atoms with E-state index in [1.165, 1.54) is 11.1 Å². The van der Waals surface area contributed by atoms with Crippen LogP contribution in [0.15, 0.2) is 82.3 Å². The molecular weight excluding hydrogens is 1020 g/mol. The number of ketones is 2. The fraction of sp³-hybridized carbons (Fsp3) is 0.412. The third-order valence-electron chi connectivity index (χ3n) is 8.40. The Bertz CT molecular complexity index is 1390. The number of imidazole rings is 2. The van der Waals surface area contributed by atoms with Gasteiger partial charge in [0.2, 0.25) is 11.6 Å². The minimum absolute atomic E-state index is 0. The highest BCUT2D eigenvalue weighted by atomic mass is 79.9. The largest absolute Gasteiger partial charge is 0.412 e. The van der Waals surface area contributed by atoms with Crippen LogP contribution in [0.5, 0.6) is 0 Å². The van der Waals surface area contributed by atoms with E-state index in [2.05, 4.69) is 76.7 Å². The predicted molar refractivity (Wildman–Crippen MR) is 225 cm³/mol. The monoisotopic (exact) mass is 1060 g/mol. The maximum Gasteiger partial charge on any atom is 0.201 e. The van der Waals surface area contributed by atoms with E-state index in [1.54, 1.807) is 12.4 Å². The van der Waals surface area contributed by atoms with E-state index in [9.17, 15) is 9.59 Å². The summed E-state index contributed by atoms with van der Waals surface area (Å²) in [6.45, 7) is 5.28. The third-order valence-corrected chi connectivity index (χ3v) is 9.46. The molecule has 49 heavy (non-hydrogen) atoms. The van der Waals surface area contributed by atoms with Gasteiger partial charge in [0.1, 0.15) is 0 Å². The van der Waals surface area contributed by atoms with Crippen molar-refractivity contribution in [3.05, 3.63) is 105 Å². The zero-order chi connectivity index (χ0) is 30.7. The molecule has 0 spiro atoms. The first-order valence-electron chi connectivity index (χ1n) is 15.5. The molecule has 0 atom stereocenters. The summed E-state index contributed by atoms with van der Waals surface area (Å²) in [6.07, 6.45) is 12.7. The second-order valence-corrected chi connectivity index (χ2v) is 13.2. The Kier molecular flexibility index (Phi) is 24.5. The Morgan fingerprint density at radius 2 is 0.939 bits per heavy atom. The van der Waals surface area contributed by atoms with Crippen molar-refractivity contribution in [3.63, 3.8) is 0 Å². The third kappa shape index (κ3) is 14.5. The number of benzene rings is 2. The number of aryl methyl sites for hydroxylation is 4. The molecule has 0 bridgehead atoms. The van der Waals surface area contributed by atoms with Gasteiger partial charge in [0.05, 0.1) is 0 Å². The highest BCUT2D eigenvalue weighted by Gasteiger charge is 2.26. The Balaban J connectivity index is 0.000000853. The second kappa shape index (κ2) is 25.0. The van der Waals surface area contributed by atoms with Crippen molar-refractivity contribution in [3.8, 4) is 0 Å². The minimum atomic E-state index is 0. The molecule has 2 saturated heterocycles. The zero-order valence-electron chi connectivity index (χ0n) is 27.1. The SMILES string of the molecule is Br.Br.Br.Br.O.O=C(c1nccn1CCc1ccc(Br)cc1)C1CCNCC1.O=C(c1nccn1CCc1ccc(Br)cc1)C1CCNCC1. The van der Waals surface area contributed by atoms with Crippen LogP contribution in [0.2, 0.25) is 0 Å². The Morgan fingerprint density at radius 3 is 1.27 bits per heavy atom. The highest BCUT2D eigenvalue weighted by Crippen LogP contribution is 2.20. The van der Waals surface area contributed by atoms with Crippen LogP contribution < -0.4 is 10.6 Å². The van der Waals surface area contributed by atoms with Crippen molar-refractivity contribution in [2.75, 3.05) is 26.2 Å². The molecule has 2 fully saturated rings. The molecule has 15 heteroatoms. The number of hydrogen-bond donors (Lipinski definition) is 2. The lowest BCUT2D eigenvalue weighted by molar-refractivity contribution is 0.0872. The number of rotatable bonds is 10. The molecule has 2 aromatic heterocycles. The van der Waals surface area contributed by atoms with Crippen LogP contribution in [0.25, 0.3) is 0 Å². The van der Waals surface area contributed by atoms with Crippen LogP contribution in [0.3, 0.4) is 0 Å². The van der Waals surface area contributed by atoms with Crippen molar-refractivity contribution < 1.29 is 15.1 Å². The van der Waals surface area contributed by atoms with Gasteiger partial charge < -0.3 is 25.2 Å². The first kappa shape index (κ1) is 48.0. The molecule has 6 rings (SSSR count). The van der Waals surface area contributed by atoms with Gasteiger partial charge in [0.25, 0.3) is 0 Å². The topological polar surface area (TPSA) is 125 Å². The highest BCUT2D eigenvalue weighted by molar-refractivity contribution is 9.10. The van der Waals surface area contributed by atoms with Crippen molar-refractivity contribution in [2.24, 2.45) is 11.8 Å². The molecule has 4 N–H and O–H groups in total. The van der Waals surface area contributed by atoms with Gasteiger partial charge in [0, 0.05) is 58.7 Å². The molecule has 0 radical (unpaired) electrons. The van der Waals surface area contributed by atoms with Gasteiger partial charge in [-0.3, -0.25) is 9.59 Å². The number of carbonyl (C=O) groups is 2. The Labute approximate surface area is 347 Å². The zero-order valence-corrected chi connectivity index (χ0v) is 37.1. The number of piperidine rings is 2. The van der Waals surface area contributed by atoms with E-state index in [1.807, 2.05) is 45.8 Å². The van der Waals surface area contributed by atoms with Crippen LogP contribution in [0.4, 0.5) is 0 Å². The molecule has 0 aliphatic carbocycles. The van der Waals surface area contributed by atoms with Gasteiger partial charge in [-0.25, -0.2) is 9.97 Å². The van der Waals surface area contributed by atoms with Gasteiger partial charge in [-0.2, -0.15) is 0 Å². The van der Waals surface area contributed by atoms with E-state index in [-0.39, 0.29) is 96.8 Å². The lowest BCUT2D eigenvalue weighted by Crippen LogP contribution is -2.33. The molecule has 0 saturated carbocycles. The summed E-state index contributed by atoms with van der Waals surface area (Å²) in [6, 6.07) is 16.6. The molecule has 2 aliphatic rings. The van der Waals surface area contributed by atoms with Crippen molar-refractivity contribution in [2.45, 2.75) is 51.6 Å². The second-order valence-electron chi connectivity index (χ2n) is 11.4. The number of carbonyl (C=O) groups excluding carboxylic acids is 2. The molecule has 9 nitrogen and oxygen atoms in total. The smallest absolute Gasteiger partial charge is 0.201 e. The number of halogens is 6. The quantitative estimate of drug-likeness (QED) is 0.158. The molecule has 272 valence electrons. The number of hydrogen-bond acceptors (Lipinski definition) is 6. The first-order chi connectivity index (χ1) is 21.5. The summed E-state index contributed by atoms with van der Waals surface area (Å²) in [5.74, 6) is 1.86. The standard InChI is InChI=1S/2C17H20BrN3O.4BrH.H2O/c2*18-15-3-1-13(2-4-15)7-11-21-12-10-20-17(21)16(22)14-5-8-19-9-6-14;;;;;/h2*1-4,10,12,14,19H,5-9,11H2;4*1H;1H2. The van der Waals surface area contributed by atoms with Gasteiger partial charge >= 0.3 is 0 Å². The molecule has 4 aromatic rings. The van der Waals surface area contributed by atoms with Gasteiger partial charge in [-0.1, -0.05) is 56.1 Å². The van der Waals surface area contributed by atoms with Gasteiger partial charge in [0.15, 0.2) is 11.6 Å². The van der Waals surface area contributed by atoms with Crippen LogP contribution in [0, 0.1) is 11.8 Å². The molecule has 0 amide bonds. The summed E-state index contributed by atoms with van der Waals surface area (Å²) in [5.41, 5.74) is 2.52. The maximum absolute atomic E-state index is 12.6. The summed E-state index contributed by atoms with van der Waals surface area (Å²) in [4.78, 5) is 33.8. The summed E-state index contributed by atoms with van der Waals surface area (Å²) in [7, 11) is 0. The van der Waals surface area contributed by atoms with Crippen LogP contribution in [-0.4, -0.2) is 62.3 Å². The molecule has 4 heterocycles. The van der Waals surface area contributed by atoms with E-state index >= 15 is 0 Å². The van der Waals surface area contributed by atoms with E-state index in [0.29, 0.717) is 11.6 Å². The Hall–Kier alpha value is -1.04. The normalized spacial score (nSPS) is 14.2. The lowest BCUT2D eigenvalue weighted by Gasteiger charge is -2.21. The van der Waals surface area contributed by atoms with E-state index in [4.69, 9.17) is 0 Å². The molecular formula is C34H46Br6N6O3. The average Bonchev–Trinajstić information content (AvgIpc) is 3.75. The molecule has 2 aromatic carbocycles. The first-order valence-corrected chi connectivity index (χ1v) is 17.1. The number of aromatic nitrogens is 4. The number of nitrogens with one attached hydrogen (secondary N) is 2. The fourth-order valence-corrected chi connectivity index (χ4v) is 6.29. The van der Waals surface area contributed by atoms with Crippen LogP contribution in [-0.2, 0) is 25.9 Å². The lowest BCUT2D eigenvalue weighted by atomic mass is 9.93. The van der Waals surface area contributed by atoms with Crippen LogP contribution >= 0.6 is 99.8 Å². The Morgan fingerprint density at radius 1 is 0.612 bits per heavy atom. The predicted octanol–water partition coefficient (Wildman–Crippen LogP) is 7.63. The maximum atomic E-state index is 12.6. The van der Waals surface area contributed by atoms with E-state index < -0.39 is 0 Å². The number of Topliss-reactive ketones (excluding diaryl/α,β-unsaturated/α-hetero) is 2. The van der Waals surface area contributed by atoms with Crippen molar-refractivity contribution >= 4 is 111 Å². The minimum Gasteiger partial charge on any atom is -0.412 e. The summed E-state index contributed by atoms with van der Waals surface area (Å²) >= 11 is 6.89. The molecule has 0 unspecified atom stereocenters. The fourth-order valence-electron chi connectivity index (χ4n) is 5.76. The molecule has 2 aliphatic heterocycles.